The van der Waals surface area contributed by atoms with Crippen molar-refractivity contribution in [3.63, 3.8) is 0 Å². The molecule has 0 aliphatic carbocycles. The van der Waals surface area contributed by atoms with Gasteiger partial charge in [0.1, 0.15) is 19.0 Å². The SMILES string of the molecule is Cc1ccccc1OCCOC(=O)CCCNC(=O)c1ccc(Cl)cc1. The van der Waals surface area contributed by atoms with Gasteiger partial charge in [0, 0.05) is 23.6 Å². The molecule has 6 heteroatoms. The molecule has 0 aromatic heterocycles. The predicted molar refractivity (Wildman–Crippen MR) is 101 cm³/mol. The van der Waals surface area contributed by atoms with Crippen LogP contribution in [0.25, 0.3) is 0 Å². The Labute approximate surface area is 158 Å². The van der Waals surface area contributed by atoms with Gasteiger partial charge in [-0.3, -0.25) is 9.59 Å². The van der Waals surface area contributed by atoms with Crippen molar-refractivity contribution in [3.8, 4) is 5.75 Å². The molecule has 1 amide bonds. The van der Waals surface area contributed by atoms with Crippen molar-refractivity contribution < 1.29 is 19.1 Å². The first-order valence-corrected chi connectivity index (χ1v) is 8.82. The Bertz CT molecular complexity index is 731. The summed E-state index contributed by atoms with van der Waals surface area (Å²) >= 11 is 5.78. The molecule has 0 bridgehead atoms. The lowest BCUT2D eigenvalue weighted by Gasteiger charge is -2.09. The summed E-state index contributed by atoms with van der Waals surface area (Å²) in [7, 11) is 0. The lowest BCUT2D eigenvalue weighted by atomic mass is 10.2. The van der Waals surface area contributed by atoms with E-state index in [-0.39, 0.29) is 24.9 Å². The summed E-state index contributed by atoms with van der Waals surface area (Å²) in [6, 6.07) is 14.3. The van der Waals surface area contributed by atoms with E-state index in [4.69, 9.17) is 21.1 Å². The summed E-state index contributed by atoms with van der Waals surface area (Å²) in [5, 5.41) is 3.33. The predicted octanol–water partition coefficient (Wildman–Crippen LogP) is 3.78. The van der Waals surface area contributed by atoms with Crippen LogP contribution >= 0.6 is 11.6 Å². The molecule has 0 spiro atoms. The second-order valence-electron chi connectivity index (χ2n) is 5.70. The Hall–Kier alpha value is -2.53. The fourth-order valence-electron chi connectivity index (χ4n) is 2.24. The molecule has 0 radical (unpaired) electrons. The number of rotatable bonds is 9. The van der Waals surface area contributed by atoms with Crippen molar-refractivity contribution in [1.29, 1.82) is 0 Å². The molecule has 2 aromatic rings. The van der Waals surface area contributed by atoms with E-state index in [1.54, 1.807) is 24.3 Å². The van der Waals surface area contributed by atoms with E-state index in [2.05, 4.69) is 5.32 Å². The van der Waals surface area contributed by atoms with Gasteiger partial charge in [-0.15, -0.1) is 0 Å². The molecule has 5 nitrogen and oxygen atoms in total. The second-order valence-corrected chi connectivity index (χ2v) is 6.14. The first-order valence-electron chi connectivity index (χ1n) is 8.44. The molecule has 2 rings (SSSR count). The van der Waals surface area contributed by atoms with E-state index in [1.807, 2.05) is 31.2 Å². The Morgan fingerprint density at radius 1 is 1.04 bits per heavy atom. The maximum absolute atomic E-state index is 11.9. The fraction of sp³-hybridized carbons (Fsp3) is 0.300. The van der Waals surface area contributed by atoms with Gasteiger partial charge in [0.25, 0.3) is 5.91 Å². The Balaban J connectivity index is 1.55. The Morgan fingerprint density at radius 2 is 1.77 bits per heavy atom. The van der Waals surface area contributed by atoms with Crippen LogP contribution in [0.4, 0.5) is 0 Å². The number of ether oxygens (including phenoxy) is 2. The highest BCUT2D eigenvalue weighted by atomic mass is 35.5. The van der Waals surface area contributed by atoms with Crippen LogP contribution < -0.4 is 10.1 Å². The van der Waals surface area contributed by atoms with E-state index in [9.17, 15) is 9.59 Å². The van der Waals surface area contributed by atoms with Gasteiger partial charge >= 0.3 is 5.97 Å². The maximum atomic E-state index is 11.9. The Kier molecular flexibility index (Phi) is 7.96. The highest BCUT2D eigenvalue weighted by Crippen LogP contribution is 2.15. The molecular weight excluding hydrogens is 354 g/mol. The minimum absolute atomic E-state index is 0.193. The van der Waals surface area contributed by atoms with Crippen molar-refractivity contribution >= 4 is 23.5 Å². The van der Waals surface area contributed by atoms with Gasteiger partial charge in [0.15, 0.2) is 0 Å². The molecule has 1 N–H and O–H groups in total. The molecule has 2 aromatic carbocycles. The van der Waals surface area contributed by atoms with Crippen LogP contribution in [0.2, 0.25) is 5.02 Å². The van der Waals surface area contributed by atoms with Crippen LogP contribution in [0.5, 0.6) is 5.75 Å². The minimum Gasteiger partial charge on any atom is -0.490 e. The van der Waals surface area contributed by atoms with Crippen LogP contribution in [0, 0.1) is 6.92 Å². The number of hydrogen-bond acceptors (Lipinski definition) is 4. The zero-order valence-corrected chi connectivity index (χ0v) is 15.4. The first kappa shape index (κ1) is 19.8. The molecule has 26 heavy (non-hydrogen) atoms. The largest absolute Gasteiger partial charge is 0.490 e. The third-order valence-electron chi connectivity index (χ3n) is 3.65. The van der Waals surface area contributed by atoms with Crippen LogP contribution in [0.1, 0.15) is 28.8 Å². The highest BCUT2D eigenvalue weighted by molar-refractivity contribution is 6.30. The van der Waals surface area contributed by atoms with Crippen molar-refractivity contribution in [3.05, 3.63) is 64.7 Å². The zero-order valence-electron chi connectivity index (χ0n) is 14.7. The summed E-state index contributed by atoms with van der Waals surface area (Å²) in [5.41, 5.74) is 1.57. The van der Waals surface area contributed by atoms with Crippen molar-refractivity contribution in [2.75, 3.05) is 19.8 Å². The van der Waals surface area contributed by atoms with Gasteiger partial charge in [0.2, 0.25) is 0 Å². The standard InChI is InChI=1S/C20H22ClNO4/c1-15-5-2-3-6-18(15)25-13-14-26-19(23)7-4-12-22-20(24)16-8-10-17(21)11-9-16/h2-3,5-6,8-11H,4,7,12-14H2,1H3,(H,22,24). The molecule has 0 atom stereocenters. The number of nitrogens with one attached hydrogen (secondary N) is 1. The number of para-hydroxylation sites is 1. The number of halogens is 1. The number of benzene rings is 2. The summed E-state index contributed by atoms with van der Waals surface area (Å²) in [5.74, 6) is 0.286. The minimum atomic E-state index is -0.306. The molecular formula is C20H22ClNO4. The van der Waals surface area contributed by atoms with E-state index < -0.39 is 0 Å². The van der Waals surface area contributed by atoms with Crippen LogP contribution in [0.3, 0.4) is 0 Å². The molecule has 0 saturated carbocycles. The van der Waals surface area contributed by atoms with Crippen LogP contribution in [-0.4, -0.2) is 31.6 Å². The maximum Gasteiger partial charge on any atom is 0.305 e. The molecule has 0 fully saturated rings. The van der Waals surface area contributed by atoms with E-state index in [1.165, 1.54) is 0 Å². The monoisotopic (exact) mass is 375 g/mol. The molecule has 138 valence electrons. The molecule has 0 unspecified atom stereocenters. The van der Waals surface area contributed by atoms with Gasteiger partial charge in [-0.25, -0.2) is 0 Å². The van der Waals surface area contributed by atoms with Gasteiger partial charge < -0.3 is 14.8 Å². The topological polar surface area (TPSA) is 64.6 Å². The van der Waals surface area contributed by atoms with Gasteiger partial charge in [-0.1, -0.05) is 29.8 Å². The summed E-state index contributed by atoms with van der Waals surface area (Å²) in [6.07, 6.45) is 0.752. The van der Waals surface area contributed by atoms with Crippen LogP contribution in [-0.2, 0) is 9.53 Å². The normalized spacial score (nSPS) is 10.2. The number of carbonyl (C=O) groups is 2. The van der Waals surface area contributed by atoms with Gasteiger partial charge in [-0.05, 0) is 49.2 Å². The lowest BCUT2D eigenvalue weighted by Crippen LogP contribution is -2.25. The van der Waals surface area contributed by atoms with E-state index in [0.29, 0.717) is 30.2 Å². The fourth-order valence-corrected chi connectivity index (χ4v) is 2.36. The smallest absolute Gasteiger partial charge is 0.305 e. The number of hydrogen-bond donors (Lipinski definition) is 1. The summed E-state index contributed by atoms with van der Waals surface area (Å²) in [4.78, 5) is 23.6. The number of aryl methyl sites for hydroxylation is 1. The van der Waals surface area contributed by atoms with Gasteiger partial charge in [-0.2, -0.15) is 0 Å². The second kappa shape index (κ2) is 10.5. The molecule has 0 aliphatic rings. The Morgan fingerprint density at radius 3 is 2.50 bits per heavy atom. The van der Waals surface area contributed by atoms with Gasteiger partial charge in [0.05, 0.1) is 0 Å². The first-order chi connectivity index (χ1) is 12.6. The number of esters is 1. The molecule has 0 aliphatic heterocycles. The van der Waals surface area contributed by atoms with E-state index >= 15 is 0 Å². The van der Waals surface area contributed by atoms with E-state index in [0.717, 1.165) is 11.3 Å². The third kappa shape index (κ3) is 6.76. The molecule has 0 saturated heterocycles. The average Bonchev–Trinajstić information content (AvgIpc) is 2.64. The number of carbonyl (C=O) groups excluding carboxylic acids is 2. The average molecular weight is 376 g/mol. The summed E-state index contributed by atoms with van der Waals surface area (Å²) < 4.78 is 10.7. The van der Waals surface area contributed by atoms with Crippen molar-refractivity contribution in [2.24, 2.45) is 0 Å². The zero-order chi connectivity index (χ0) is 18.8. The molecule has 0 heterocycles. The van der Waals surface area contributed by atoms with Crippen molar-refractivity contribution in [2.45, 2.75) is 19.8 Å². The summed E-state index contributed by atoms with van der Waals surface area (Å²) in [6.45, 7) is 2.87. The number of amides is 1. The quantitative estimate of drug-likeness (QED) is 0.535. The van der Waals surface area contributed by atoms with Crippen LogP contribution in [0.15, 0.2) is 48.5 Å². The van der Waals surface area contributed by atoms with Crippen molar-refractivity contribution in [1.82, 2.24) is 5.32 Å². The third-order valence-corrected chi connectivity index (χ3v) is 3.90. The highest BCUT2D eigenvalue weighted by Gasteiger charge is 2.07. The lowest BCUT2D eigenvalue weighted by molar-refractivity contribution is -0.144.